The third-order valence-corrected chi connectivity index (χ3v) is 3.83. The van der Waals surface area contributed by atoms with Crippen LogP contribution >= 0.6 is 0 Å². The molecule has 5 nitrogen and oxygen atoms in total. The summed E-state index contributed by atoms with van der Waals surface area (Å²) in [7, 11) is 0. The Morgan fingerprint density at radius 1 is 1.41 bits per heavy atom. The Hall–Kier alpha value is -1.26. The first-order valence-electron chi connectivity index (χ1n) is 6.28. The summed E-state index contributed by atoms with van der Waals surface area (Å²) >= 11 is 0. The van der Waals surface area contributed by atoms with Gasteiger partial charge in [-0.05, 0) is 39.0 Å². The van der Waals surface area contributed by atoms with Crippen LogP contribution in [-0.4, -0.2) is 52.1 Å². The van der Waals surface area contributed by atoms with Gasteiger partial charge in [-0.25, -0.2) is 4.79 Å². The normalized spacial score (nSPS) is 26.6. The number of fused-ring (bicyclic) bond motifs is 2. The summed E-state index contributed by atoms with van der Waals surface area (Å²) in [5.41, 5.74) is 0. The van der Waals surface area contributed by atoms with Crippen LogP contribution in [0.2, 0.25) is 0 Å². The van der Waals surface area contributed by atoms with Gasteiger partial charge in [0.2, 0.25) is 0 Å². The van der Waals surface area contributed by atoms with Crippen molar-refractivity contribution in [2.24, 2.45) is 5.92 Å². The Bertz CT molecular complexity index is 330. The Labute approximate surface area is 101 Å². The van der Waals surface area contributed by atoms with Gasteiger partial charge in [-0.1, -0.05) is 0 Å². The van der Waals surface area contributed by atoms with E-state index in [0.29, 0.717) is 12.0 Å². The van der Waals surface area contributed by atoms with E-state index in [9.17, 15) is 9.59 Å². The zero-order valence-electron chi connectivity index (χ0n) is 10.4. The van der Waals surface area contributed by atoms with Crippen molar-refractivity contribution in [2.75, 3.05) is 13.1 Å². The lowest BCUT2D eigenvalue weighted by atomic mass is 10.1. The number of carbonyl (C=O) groups excluding carboxylic acids is 1. The minimum absolute atomic E-state index is 0.0715. The second kappa shape index (κ2) is 4.55. The number of carboxylic acids is 1. The quantitative estimate of drug-likeness (QED) is 0.810. The highest BCUT2D eigenvalue weighted by atomic mass is 16.4. The zero-order valence-corrected chi connectivity index (χ0v) is 10.4. The predicted octanol–water partition coefficient (Wildman–Crippen LogP) is 1.39. The molecule has 1 saturated heterocycles. The molecule has 96 valence electrons. The van der Waals surface area contributed by atoms with Crippen molar-refractivity contribution in [3.8, 4) is 0 Å². The van der Waals surface area contributed by atoms with E-state index in [4.69, 9.17) is 5.11 Å². The van der Waals surface area contributed by atoms with Crippen molar-refractivity contribution in [1.29, 1.82) is 0 Å². The fourth-order valence-electron chi connectivity index (χ4n) is 2.94. The van der Waals surface area contributed by atoms with Gasteiger partial charge in [-0.15, -0.1) is 0 Å². The van der Waals surface area contributed by atoms with Crippen molar-refractivity contribution in [3.63, 3.8) is 0 Å². The summed E-state index contributed by atoms with van der Waals surface area (Å²) in [6.45, 7) is 4.32. The molecule has 2 rings (SSSR count). The second-order valence-electron chi connectivity index (χ2n) is 5.38. The van der Waals surface area contributed by atoms with Crippen LogP contribution in [0.25, 0.3) is 0 Å². The summed E-state index contributed by atoms with van der Waals surface area (Å²) in [6, 6.07) is 0.176. The van der Waals surface area contributed by atoms with Crippen molar-refractivity contribution < 1.29 is 14.7 Å². The summed E-state index contributed by atoms with van der Waals surface area (Å²) in [5.74, 6) is -0.306. The van der Waals surface area contributed by atoms with E-state index in [1.807, 2.05) is 18.7 Å². The number of aliphatic carboxylic acids is 1. The maximum Gasteiger partial charge on any atom is 0.323 e. The van der Waals surface area contributed by atoms with Crippen LogP contribution in [0.3, 0.4) is 0 Å². The Kier molecular flexibility index (Phi) is 3.26. The minimum Gasteiger partial charge on any atom is -0.480 e. The highest BCUT2D eigenvalue weighted by Gasteiger charge is 2.42. The largest absolute Gasteiger partial charge is 0.480 e. The molecule has 5 heteroatoms. The highest BCUT2D eigenvalue weighted by molar-refractivity contribution is 5.81. The monoisotopic (exact) mass is 240 g/mol. The number of nitrogens with zero attached hydrogens (tertiary/aromatic N) is 2. The standard InChI is InChI=1S/C12H20N2O3/c1-8(2)13(7-11(15)16)12(17)14-6-9-3-4-10(14)5-9/h8-10H,3-7H2,1-2H3,(H,15,16). The summed E-state index contributed by atoms with van der Waals surface area (Å²) in [4.78, 5) is 26.4. The number of likely N-dealkylation sites (tertiary alicyclic amines) is 1. The Morgan fingerprint density at radius 2 is 2.12 bits per heavy atom. The zero-order chi connectivity index (χ0) is 12.6. The summed E-state index contributed by atoms with van der Waals surface area (Å²) < 4.78 is 0. The molecule has 2 atom stereocenters. The molecular formula is C12H20N2O3. The molecule has 2 aliphatic rings. The van der Waals surface area contributed by atoms with Crippen LogP contribution in [0.5, 0.6) is 0 Å². The lowest BCUT2D eigenvalue weighted by Gasteiger charge is -2.34. The van der Waals surface area contributed by atoms with Crippen LogP contribution in [0.4, 0.5) is 4.79 Å². The number of urea groups is 1. The first-order chi connectivity index (χ1) is 7.99. The van der Waals surface area contributed by atoms with E-state index in [0.717, 1.165) is 19.4 Å². The SMILES string of the molecule is CC(C)N(CC(=O)O)C(=O)N1CC2CCC1C2. The molecule has 0 aromatic carbocycles. The van der Waals surface area contributed by atoms with Crippen LogP contribution in [-0.2, 0) is 4.79 Å². The minimum atomic E-state index is -0.948. The molecule has 2 amide bonds. The number of carboxylic acid groups (broad SMARTS) is 1. The number of amides is 2. The molecule has 1 aliphatic heterocycles. The van der Waals surface area contributed by atoms with E-state index in [2.05, 4.69) is 0 Å². The van der Waals surface area contributed by atoms with Gasteiger partial charge in [0, 0.05) is 18.6 Å². The number of carbonyl (C=O) groups is 2. The lowest BCUT2D eigenvalue weighted by Crippen LogP contribution is -2.50. The Morgan fingerprint density at radius 3 is 2.53 bits per heavy atom. The van der Waals surface area contributed by atoms with Gasteiger partial charge in [-0.2, -0.15) is 0 Å². The topological polar surface area (TPSA) is 60.9 Å². The average Bonchev–Trinajstić information content (AvgIpc) is 2.85. The van der Waals surface area contributed by atoms with Crippen molar-refractivity contribution in [1.82, 2.24) is 9.80 Å². The molecule has 2 unspecified atom stereocenters. The second-order valence-corrected chi connectivity index (χ2v) is 5.38. The molecule has 1 aliphatic carbocycles. The molecule has 0 aromatic rings. The molecule has 1 N–H and O–H groups in total. The third kappa shape index (κ3) is 2.37. The first kappa shape index (κ1) is 12.2. The van der Waals surface area contributed by atoms with Crippen molar-refractivity contribution in [3.05, 3.63) is 0 Å². The summed E-state index contributed by atoms with van der Waals surface area (Å²) in [6.07, 6.45) is 3.40. The number of piperidine rings is 1. The van der Waals surface area contributed by atoms with E-state index in [1.165, 1.54) is 11.3 Å². The molecule has 17 heavy (non-hydrogen) atoms. The van der Waals surface area contributed by atoms with E-state index in [-0.39, 0.29) is 18.6 Å². The van der Waals surface area contributed by atoms with Gasteiger partial charge in [0.25, 0.3) is 0 Å². The number of rotatable bonds is 3. The predicted molar refractivity (Wildman–Crippen MR) is 62.7 cm³/mol. The average molecular weight is 240 g/mol. The number of hydrogen-bond acceptors (Lipinski definition) is 2. The molecule has 0 radical (unpaired) electrons. The van der Waals surface area contributed by atoms with Gasteiger partial charge < -0.3 is 14.9 Å². The van der Waals surface area contributed by atoms with Gasteiger partial charge >= 0.3 is 12.0 Å². The van der Waals surface area contributed by atoms with Crippen LogP contribution in [0.1, 0.15) is 33.1 Å². The fourth-order valence-corrected chi connectivity index (χ4v) is 2.94. The third-order valence-electron chi connectivity index (χ3n) is 3.83. The maximum absolute atomic E-state index is 12.3. The molecule has 2 fully saturated rings. The van der Waals surface area contributed by atoms with E-state index < -0.39 is 5.97 Å². The maximum atomic E-state index is 12.3. The van der Waals surface area contributed by atoms with Crippen LogP contribution in [0.15, 0.2) is 0 Å². The number of hydrogen-bond donors (Lipinski definition) is 1. The lowest BCUT2D eigenvalue weighted by molar-refractivity contribution is -0.138. The van der Waals surface area contributed by atoms with Gasteiger partial charge in [0.05, 0.1) is 0 Å². The molecule has 2 bridgehead atoms. The van der Waals surface area contributed by atoms with E-state index >= 15 is 0 Å². The highest BCUT2D eigenvalue weighted by Crippen LogP contribution is 2.37. The van der Waals surface area contributed by atoms with Gasteiger partial charge in [-0.3, -0.25) is 4.79 Å². The van der Waals surface area contributed by atoms with Crippen molar-refractivity contribution in [2.45, 2.75) is 45.2 Å². The molecule has 0 aromatic heterocycles. The molecule has 1 heterocycles. The van der Waals surface area contributed by atoms with Crippen LogP contribution < -0.4 is 0 Å². The van der Waals surface area contributed by atoms with Gasteiger partial charge in [0.1, 0.15) is 6.54 Å². The first-order valence-corrected chi connectivity index (χ1v) is 6.28. The molecular weight excluding hydrogens is 220 g/mol. The smallest absolute Gasteiger partial charge is 0.323 e. The Balaban J connectivity index is 2.03. The van der Waals surface area contributed by atoms with Crippen molar-refractivity contribution >= 4 is 12.0 Å². The van der Waals surface area contributed by atoms with E-state index in [1.54, 1.807) is 0 Å². The molecule has 0 spiro atoms. The molecule has 1 saturated carbocycles. The van der Waals surface area contributed by atoms with Gasteiger partial charge in [0.15, 0.2) is 0 Å². The fraction of sp³-hybridized carbons (Fsp3) is 0.833. The van der Waals surface area contributed by atoms with Crippen LogP contribution in [0, 0.1) is 5.92 Å². The summed E-state index contributed by atoms with van der Waals surface area (Å²) in [5, 5.41) is 8.84.